The molecule has 1 saturated heterocycles. The molecule has 22 heavy (non-hydrogen) atoms. The predicted molar refractivity (Wildman–Crippen MR) is 84.2 cm³/mol. The second-order valence-electron chi connectivity index (χ2n) is 5.72. The van der Waals surface area contributed by atoms with Gasteiger partial charge in [-0.15, -0.1) is 0 Å². The first kappa shape index (κ1) is 15.0. The minimum atomic E-state index is -0.569. The number of methoxy groups -OCH3 is 1. The molecule has 2 heterocycles. The van der Waals surface area contributed by atoms with Crippen molar-refractivity contribution in [2.45, 2.75) is 25.5 Å². The molecule has 1 aliphatic heterocycles. The van der Waals surface area contributed by atoms with Crippen molar-refractivity contribution < 1.29 is 9.84 Å². The van der Waals surface area contributed by atoms with Crippen LogP contribution >= 0.6 is 0 Å². The zero-order chi connectivity index (χ0) is 15.5. The van der Waals surface area contributed by atoms with Crippen LogP contribution in [0.2, 0.25) is 0 Å². The van der Waals surface area contributed by atoms with Crippen LogP contribution in [0.25, 0.3) is 10.9 Å². The fourth-order valence-electron chi connectivity index (χ4n) is 3.01. The highest BCUT2D eigenvalue weighted by Crippen LogP contribution is 2.20. The number of hydrogen-bond donors (Lipinski definition) is 1. The maximum atomic E-state index is 12.5. The number of aliphatic hydroxyl groups excluding tert-OH is 1. The van der Waals surface area contributed by atoms with E-state index in [2.05, 4.69) is 9.88 Å². The third-order valence-electron chi connectivity index (χ3n) is 4.11. The van der Waals surface area contributed by atoms with Gasteiger partial charge in [-0.3, -0.25) is 9.36 Å². The van der Waals surface area contributed by atoms with Gasteiger partial charge in [-0.05, 0) is 38.1 Å². The summed E-state index contributed by atoms with van der Waals surface area (Å²) in [6.45, 7) is 2.91. The van der Waals surface area contributed by atoms with Crippen molar-refractivity contribution in [2.75, 3.05) is 26.7 Å². The Morgan fingerprint density at radius 3 is 2.82 bits per heavy atom. The van der Waals surface area contributed by atoms with E-state index in [1.54, 1.807) is 25.3 Å². The van der Waals surface area contributed by atoms with E-state index in [9.17, 15) is 9.90 Å². The van der Waals surface area contributed by atoms with Crippen molar-refractivity contribution >= 4 is 10.9 Å². The van der Waals surface area contributed by atoms with Crippen LogP contribution in [0.15, 0.2) is 29.3 Å². The molecule has 3 rings (SSSR count). The zero-order valence-corrected chi connectivity index (χ0v) is 12.7. The average molecular weight is 303 g/mol. The Bertz CT molecular complexity index is 707. The number of benzene rings is 1. The quantitative estimate of drug-likeness (QED) is 0.887. The number of ether oxygens (including phenoxy) is 1. The summed E-state index contributed by atoms with van der Waals surface area (Å²) in [6.07, 6.45) is 3.29. The monoisotopic (exact) mass is 303 g/mol. The lowest BCUT2D eigenvalue weighted by molar-refractivity contribution is 0.108. The van der Waals surface area contributed by atoms with Gasteiger partial charge in [0.1, 0.15) is 11.3 Å². The van der Waals surface area contributed by atoms with E-state index in [4.69, 9.17) is 4.74 Å². The van der Waals surface area contributed by atoms with E-state index >= 15 is 0 Å². The summed E-state index contributed by atoms with van der Waals surface area (Å²) >= 11 is 0. The molecule has 1 aromatic heterocycles. The van der Waals surface area contributed by atoms with E-state index in [1.165, 1.54) is 23.7 Å². The van der Waals surface area contributed by atoms with Crippen LogP contribution in [0.3, 0.4) is 0 Å². The van der Waals surface area contributed by atoms with Gasteiger partial charge in [0.2, 0.25) is 0 Å². The maximum Gasteiger partial charge on any atom is 0.261 e. The van der Waals surface area contributed by atoms with E-state index < -0.39 is 6.10 Å². The van der Waals surface area contributed by atoms with E-state index in [0.29, 0.717) is 23.2 Å². The third-order valence-corrected chi connectivity index (χ3v) is 4.11. The van der Waals surface area contributed by atoms with Crippen LogP contribution in [0.4, 0.5) is 0 Å². The Hall–Kier alpha value is -1.92. The van der Waals surface area contributed by atoms with Gasteiger partial charge in [-0.25, -0.2) is 4.98 Å². The van der Waals surface area contributed by atoms with Gasteiger partial charge < -0.3 is 14.7 Å². The molecular weight excluding hydrogens is 282 g/mol. The Balaban J connectivity index is 1.82. The SMILES string of the molecule is COc1cccc2c(=O)n(C[C@H](O)CN3CCCC3)cnc12. The Morgan fingerprint density at radius 2 is 2.09 bits per heavy atom. The molecule has 1 fully saturated rings. The van der Waals surface area contributed by atoms with Crippen LogP contribution in [0.1, 0.15) is 12.8 Å². The van der Waals surface area contributed by atoms with Gasteiger partial charge in [-0.2, -0.15) is 0 Å². The molecule has 0 radical (unpaired) electrons. The molecule has 0 aliphatic carbocycles. The Labute approximate surface area is 129 Å². The first-order valence-electron chi connectivity index (χ1n) is 7.61. The number of likely N-dealkylation sites (tertiary alicyclic amines) is 1. The second-order valence-corrected chi connectivity index (χ2v) is 5.72. The number of β-amino-alcohol motifs (C(OH)–C–C–N with tert-alkyl or cyclic N) is 1. The molecule has 0 saturated carbocycles. The van der Waals surface area contributed by atoms with Crippen LogP contribution in [-0.2, 0) is 6.54 Å². The smallest absolute Gasteiger partial charge is 0.261 e. The lowest BCUT2D eigenvalue weighted by atomic mass is 10.2. The molecular formula is C16H21N3O3. The van der Waals surface area contributed by atoms with Crippen LogP contribution in [-0.4, -0.2) is 52.4 Å². The first-order chi connectivity index (χ1) is 10.7. The lowest BCUT2D eigenvalue weighted by Crippen LogP contribution is -2.35. The molecule has 6 heteroatoms. The van der Waals surface area contributed by atoms with E-state index in [0.717, 1.165) is 13.1 Å². The van der Waals surface area contributed by atoms with Crippen LogP contribution in [0, 0.1) is 0 Å². The predicted octanol–water partition coefficient (Wildman–Crippen LogP) is 0.862. The van der Waals surface area contributed by atoms with E-state index in [1.807, 2.05) is 0 Å². The first-order valence-corrected chi connectivity index (χ1v) is 7.61. The Morgan fingerprint density at radius 1 is 1.32 bits per heavy atom. The van der Waals surface area contributed by atoms with Crippen molar-refractivity contribution in [1.29, 1.82) is 0 Å². The van der Waals surface area contributed by atoms with Gasteiger partial charge in [-0.1, -0.05) is 6.07 Å². The number of fused-ring (bicyclic) bond motifs is 1. The van der Waals surface area contributed by atoms with Crippen molar-refractivity contribution in [2.24, 2.45) is 0 Å². The van der Waals surface area contributed by atoms with Gasteiger partial charge in [0, 0.05) is 6.54 Å². The molecule has 0 amide bonds. The molecule has 0 unspecified atom stereocenters. The molecule has 6 nitrogen and oxygen atoms in total. The van der Waals surface area contributed by atoms with Crippen LogP contribution in [0.5, 0.6) is 5.75 Å². The summed E-state index contributed by atoms with van der Waals surface area (Å²) in [5.41, 5.74) is 0.407. The van der Waals surface area contributed by atoms with Crippen molar-refractivity contribution in [3.8, 4) is 5.75 Å². The number of para-hydroxylation sites is 1. The second kappa shape index (κ2) is 6.46. The molecule has 1 N–H and O–H groups in total. The van der Waals surface area contributed by atoms with Gasteiger partial charge >= 0.3 is 0 Å². The topological polar surface area (TPSA) is 67.6 Å². The lowest BCUT2D eigenvalue weighted by Gasteiger charge is -2.20. The van der Waals surface area contributed by atoms with Gasteiger partial charge in [0.05, 0.1) is 31.5 Å². The number of hydrogen-bond acceptors (Lipinski definition) is 5. The summed E-state index contributed by atoms with van der Waals surface area (Å²) < 4.78 is 6.70. The third kappa shape index (κ3) is 2.98. The van der Waals surface area contributed by atoms with Gasteiger partial charge in [0.15, 0.2) is 0 Å². The fraction of sp³-hybridized carbons (Fsp3) is 0.500. The Kier molecular flexibility index (Phi) is 4.40. The summed E-state index contributed by atoms with van der Waals surface area (Å²) in [4.78, 5) is 19.1. The standard InChI is InChI=1S/C16H21N3O3/c1-22-14-6-4-5-13-15(14)17-11-19(16(13)21)10-12(20)9-18-7-2-3-8-18/h4-6,11-12,20H,2-3,7-10H2,1H3/t12-/m1/s1. The summed E-state index contributed by atoms with van der Waals surface area (Å²) in [6, 6.07) is 5.28. The van der Waals surface area contributed by atoms with Crippen molar-refractivity contribution in [3.05, 3.63) is 34.9 Å². The van der Waals surface area contributed by atoms with Crippen molar-refractivity contribution in [3.63, 3.8) is 0 Å². The highest BCUT2D eigenvalue weighted by molar-refractivity contribution is 5.83. The summed E-state index contributed by atoms with van der Waals surface area (Å²) in [5, 5.41) is 10.7. The minimum Gasteiger partial charge on any atom is -0.494 e. The zero-order valence-electron chi connectivity index (χ0n) is 12.7. The molecule has 118 valence electrons. The normalized spacial score (nSPS) is 17.0. The minimum absolute atomic E-state index is 0.149. The molecule has 1 aromatic carbocycles. The largest absolute Gasteiger partial charge is 0.494 e. The molecule has 1 atom stereocenters. The van der Waals surface area contributed by atoms with Crippen LogP contribution < -0.4 is 10.3 Å². The van der Waals surface area contributed by atoms with Gasteiger partial charge in [0.25, 0.3) is 5.56 Å². The van der Waals surface area contributed by atoms with E-state index in [-0.39, 0.29) is 12.1 Å². The average Bonchev–Trinajstić information content (AvgIpc) is 3.02. The maximum absolute atomic E-state index is 12.5. The number of aliphatic hydroxyl groups is 1. The number of aromatic nitrogens is 2. The number of rotatable bonds is 5. The molecule has 2 aromatic rings. The number of nitrogens with zero attached hydrogens (tertiary/aromatic N) is 3. The van der Waals surface area contributed by atoms with Crippen molar-refractivity contribution in [1.82, 2.24) is 14.5 Å². The highest BCUT2D eigenvalue weighted by atomic mass is 16.5. The summed E-state index contributed by atoms with van der Waals surface area (Å²) in [5.74, 6) is 0.583. The molecule has 1 aliphatic rings. The fourth-order valence-corrected chi connectivity index (χ4v) is 3.01. The molecule has 0 spiro atoms. The highest BCUT2D eigenvalue weighted by Gasteiger charge is 2.17. The summed E-state index contributed by atoms with van der Waals surface area (Å²) in [7, 11) is 1.56. The molecule has 0 bridgehead atoms.